The number of benzene rings is 5. The maximum Gasteiger partial charge on any atom is 0.251 e. The highest BCUT2D eigenvalue weighted by molar-refractivity contribution is 5.97. The van der Waals surface area contributed by atoms with Gasteiger partial charge in [-0.1, -0.05) is 79.7 Å². The first-order valence-corrected chi connectivity index (χ1v) is 16.6. The monoisotopic (exact) mass is 640 g/mol. The molecule has 0 heterocycles. The molecule has 0 aliphatic rings. The molecule has 0 saturated carbocycles. The number of aryl methyl sites for hydroxylation is 1. The van der Waals surface area contributed by atoms with E-state index in [-0.39, 0.29) is 11.8 Å². The van der Waals surface area contributed by atoms with Crippen molar-refractivity contribution in [1.29, 1.82) is 0 Å². The molecule has 0 aromatic heterocycles. The van der Waals surface area contributed by atoms with Crippen molar-refractivity contribution in [2.45, 2.75) is 33.0 Å². The first kappa shape index (κ1) is 34.3. The average molecular weight is 641 g/mol. The van der Waals surface area contributed by atoms with Crippen LogP contribution in [0.15, 0.2) is 121 Å². The van der Waals surface area contributed by atoms with Crippen LogP contribution in [-0.2, 0) is 26.1 Å². The van der Waals surface area contributed by atoms with Crippen LogP contribution in [0.3, 0.4) is 0 Å². The Kier molecular flexibility index (Phi) is 10.6. The zero-order chi connectivity index (χ0) is 34.3. The van der Waals surface area contributed by atoms with E-state index in [2.05, 4.69) is 138 Å². The lowest BCUT2D eigenvalue weighted by Gasteiger charge is -2.29. The molecular formula is C42H48N4O2+2. The molecule has 0 radical (unpaired) electrons. The van der Waals surface area contributed by atoms with E-state index in [4.69, 9.17) is 0 Å². The van der Waals surface area contributed by atoms with E-state index in [1.54, 1.807) is 24.3 Å². The lowest BCUT2D eigenvalue weighted by atomic mass is 10.0. The predicted octanol–water partition coefficient (Wildman–Crippen LogP) is 7.74. The van der Waals surface area contributed by atoms with Crippen LogP contribution in [0.1, 0.15) is 49.9 Å². The minimum absolute atomic E-state index is 0.172. The van der Waals surface area contributed by atoms with Crippen molar-refractivity contribution < 1.29 is 9.59 Å². The molecule has 48 heavy (non-hydrogen) atoms. The first-order valence-electron chi connectivity index (χ1n) is 16.6. The summed E-state index contributed by atoms with van der Waals surface area (Å²) in [6.07, 6.45) is 1.05. The van der Waals surface area contributed by atoms with Gasteiger partial charge in [-0.3, -0.25) is 18.6 Å². The number of nitrogens with zero attached hydrogens (tertiary/aromatic N) is 2. The Morgan fingerprint density at radius 2 is 0.854 bits per heavy atom. The molecule has 0 aliphatic carbocycles. The van der Waals surface area contributed by atoms with Crippen LogP contribution in [0.4, 0.5) is 11.4 Å². The van der Waals surface area contributed by atoms with Crippen LogP contribution in [0.5, 0.6) is 0 Å². The summed E-state index contributed by atoms with van der Waals surface area (Å²) in [5.41, 5.74) is 10.6. The number of hydrogen-bond acceptors (Lipinski definition) is 2. The van der Waals surface area contributed by atoms with Gasteiger partial charge in [0.15, 0.2) is 0 Å². The molecule has 6 heteroatoms. The topological polar surface area (TPSA) is 58.2 Å². The van der Waals surface area contributed by atoms with Crippen molar-refractivity contribution in [2.75, 3.05) is 35.2 Å². The number of amides is 2. The Hall–Kier alpha value is -5.04. The zero-order valence-electron chi connectivity index (χ0n) is 29.1. The summed E-state index contributed by atoms with van der Waals surface area (Å²) in [5.74, 6) is -0.349. The average Bonchev–Trinajstić information content (AvgIpc) is 3.10. The normalized spacial score (nSPS) is 11.6. The van der Waals surface area contributed by atoms with E-state index in [1.165, 1.54) is 33.6 Å². The first-order chi connectivity index (χ1) is 22.9. The van der Waals surface area contributed by atoms with Gasteiger partial charge in [0, 0.05) is 29.8 Å². The summed E-state index contributed by atoms with van der Waals surface area (Å²) in [7, 11) is 10.8. The van der Waals surface area contributed by atoms with Gasteiger partial charge in [-0.2, -0.15) is 0 Å². The molecule has 5 rings (SSSR count). The second-order valence-electron chi connectivity index (χ2n) is 13.9. The second kappa shape index (κ2) is 14.8. The van der Waals surface area contributed by atoms with Crippen LogP contribution in [0.2, 0.25) is 0 Å². The van der Waals surface area contributed by atoms with Gasteiger partial charge in [0.1, 0.15) is 17.9 Å². The van der Waals surface area contributed by atoms with Gasteiger partial charge in [-0.15, -0.1) is 0 Å². The number of nitrogens with one attached hydrogen (secondary N) is 2. The third-order valence-electron chi connectivity index (χ3n) is 8.89. The summed E-state index contributed by atoms with van der Waals surface area (Å²) in [4.78, 5) is 25.6. The van der Waals surface area contributed by atoms with Crippen LogP contribution in [0.25, 0.3) is 11.1 Å². The Balaban J connectivity index is 1.10. The standard InChI is InChI=1S/C42H46N4O2/c1-7-31-8-16-35(17-9-31)36-18-10-34(11-19-36)30-46(5,6)40-26-14-33(15-27-40)29-44-42(48)38-22-20-37(21-23-38)41(47)43-28-32-12-24-39(25-13-32)45(2,3)4/h8-27H,7,28-30H2,1-6H3/p+2. The number of rotatable bonds is 12. The summed E-state index contributed by atoms with van der Waals surface area (Å²) >= 11 is 0. The minimum atomic E-state index is -0.177. The maximum atomic E-state index is 12.9. The quantitative estimate of drug-likeness (QED) is 0.137. The summed E-state index contributed by atoms with van der Waals surface area (Å²) in [5, 5.41) is 5.97. The molecule has 0 bridgehead atoms. The van der Waals surface area contributed by atoms with E-state index < -0.39 is 0 Å². The molecule has 6 nitrogen and oxygen atoms in total. The highest BCUT2D eigenvalue weighted by Crippen LogP contribution is 2.25. The van der Waals surface area contributed by atoms with Gasteiger partial charge >= 0.3 is 0 Å². The molecule has 0 atom stereocenters. The number of carbonyl (C=O) groups is 2. The van der Waals surface area contributed by atoms with Gasteiger partial charge < -0.3 is 10.6 Å². The van der Waals surface area contributed by atoms with Crippen molar-refractivity contribution in [3.63, 3.8) is 0 Å². The molecule has 2 amide bonds. The van der Waals surface area contributed by atoms with Crippen LogP contribution >= 0.6 is 0 Å². The van der Waals surface area contributed by atoms with Gasteiger partial charge in [0.05, 0.1) is 35.2 Å². The molecule has 246 valence electrons. The van der Waals surface area contributed by atoms with Crippen molar-refractivity contribution >= 4 is 23.2 Å². The Bertz CT molecular complexity index is 1820. The summed E-state index contributed by atoms with van der Waals surface area (Å²) in [6.45, 7) is 3.90. The van der Waals surface area contributed by atoms with E-state index in [9.17, 15) is 9.59 Å². The molecule has 0 fully saturated rings. The van der Waals surface area contributed by atoms with Crippen molar-refractivity contribution in [1.82, 2.24) is 19.6 Å². The molecule has 5 aromatic carbocycles. The van der Waals surface area contributed by atoms with Crippen LogP contribution < -0.4 is 19.6 Å². The van der Waals surface area contributed by atoms with Crippen molar-refractivity contribution in [3.05, 3.63) is 155 Å². The molecule has 5 aromatic rings. The highest BCUT2D eigenvalue weighted by Gasteiger charge is 2.20. The fourth-order valence-corrected chi connectivity index (χ4v) is 5.70. The third-order valence-corrected chi connectivity index (χ3v) is 8.89. The predicted molar refractivity (Wildman–Crippen MR) is 200 cm³/mol. The van der Waals surface area contributed by atoms with E-state index in [1.807, 2.05) is 12.1 Å². The van der Waals surface area contributed by atoms with E-state index in [0.29, 0.717) is 28.7 Å². The molecule has 2 N–H and O–H groups in total. The largest absolute Gasteiger partial charge is 0.348 e. The summed E-state index contributed by atoms with van der Waals surface area (Å²) < 4.78 is 1.45. The Morgan fingerprint density at radius 1 is 0.479 bits per heavy atom. The third kappa shape index (κ3) is 8.85. The Labute approximate surface area is 285 Å². The van der Waals surface area contributed by atoms with Crippen molar-refractivity contribution in [2.24, 2.45) is 0 Å². The Morgan fingerprint density at radius 3 is 1.25 bits per heavy atom. The lowest BCUT2D eigenvalue weighted by molar-refractivity contribution is 0.0939. The van der Waals surface area contributed by atoms with Crippen molar-refractivity contribution in [3.8, 4) is 11.1 Å². The van der Waals surface area contributed by atoms with Gasteiger partial charge in [0.2, 0.25) is 0 Å². The van der Waals surface area contributed by atoms with Crippen LogP contribution in [0, 0.1) is 0 Å². The SMILES string of the molecule is CCc1ccc(-c2ccc(C[N+](C)(C)c3ccc(CNC(=O)c4ccc(C(=O)NCc5ccc([N+](C)(C)C)cc5)cc4)cc3)cc2)cc1. The number of hydrogen-bond donors (Lipinski definition) is 2. The zero-order valence-corrected chi connectivity index (χ0v) is 29.1. The molecule has 0 unspecified atom stereocenters. The lowest BCUT2D eigenvalue weighted by Crippen LogP contribution is -2.39. The van der Waals surface area contributed by atoms with E-state index >= 15 is 0 Å². The van der Waals surface area contributed by atoms with Gasteiger partial charge in [-0.05, 0) is 82.8 Å². The molecule has 0 spiro atoms. The minimum Gasteiger partial charge on any atom is -0.348 e. The summed E-state index contributed by atoms with van der Waals surface area (Å²) in [6, 6.07) is 41.1. The number of carbonyl (C=O) groups excluding carboxylic acids is 2. The second-order valence-corrected chi connectivity index (χ2v) is 13.9. The van der Waals surface area contributed by atoms with E-state index in [0.717, 1.165) is 28.6 Å². The smallest absolute Gasteiger partial charge is 0.251 e. The fourth-order valence-electron chi connectivity index (χ4n) is 5.70. The maximum absolute atomic E-state index is 12.9. The number of quaternary nitrogens is 2. The van der Waals surface area contributed by atoms with Gasteiger partial charge in [-0.25, -0.2) is 0 Å². The fraction of sp³-hybridized carbons (Fsp3) is 0.238. The molecule has 0 saturated heterocycles. The molecule has 0 aliphatic heterocycles. The highest BCUT2D eigenvalue weighted by atomic mass is 16.2. The van der Waals surface area contributed by atoms with Gasteiger partial charge in [0.25, 0.3) is 11.8 Å². The molecular weight excluding hydrogens is 592 g/mol. The van der Waals surface area contributed by atoms with Crippen LogP contribution in [-0.4, -0.2) is 47.1 Å².